The van der Waals surface area contributed by atoms with E-state index >= 15 is 0 Å². The first-order valence-electron chi connectivity index (χ1n) is 10.5. The summed E-state index contributed by atoms with van der Waals surface area (Å²) in [5.41, 5.74) is 1.19. The highest BCUT2D eigenvalue weighted by Gasteiger charge is 2.57. The largest absolute Gasteiger partial charge is 0.334 e. The van der Waals surface area contributed by atoms with E-state index in [1.165, 1.54) is 0 Å². The smallest absolute Gasteiger partial charge is 0.317 e. The fourth-order valence-corrected chi connectivity index (χ4v) is 6.62. The van der Waals surface area contributed by atoms with Crippen molar-refractivity contribution in [2.45, 2.75) is 43.7 Å². The quantitative estimate of drug-likeness (QED) is 0.793. The SMILES string of the molecule is CC(C)CCN1[C@@]2(CCN(C(=O)NCc3ccccc3)C2)c2ccccc2S1(=O)=O. The number of fused-ring (bicyclic) bond motifs is 2. The summed E-state index contributed by atoms with van der Waals surface area (Å²) < 4.78 is 28.4. The van der Waals surface area contributed by atoms with Gasteiger partial charge < -0.3 is 10.2 Å². The third-order valence-corrected chi connectivity index (χ3v) is 8.19. The molecule has 0 aliphatic carbocycles. The van der Waals surface area contributed by atoms with Gasteiger partial charge in [-0.05, 0) is 36.0 Å². The van der Waals surface area contributed by atoms with Gasteiger partial charge in [0, 0.05) is 26.2 Å². The summed E-state index contributed by atoms with van der Waals surface area (Å²) in [4.78, 5) is 15.0. The van der Waals surface area contributed by atoms with Crippen molar-refractivity contribution in [2.75, 3.05) is 19.6 Å². The van der Waals surface area contributed by atoms with Crippen LogP contribution in [0.5, 0.6) is 0 Å². The molecule has 0 aromatic heterocycles. The average Bonchev–Trinajstić information content (AvgIpc) is 3.25. The molecule has 6 nitrogen and oxygen atoms in total. The summed E-state index contributed by atoms with van der Waals surface area (Å²) >= 11 is 0. The molecule has 2 amide bonds. The van der Waals surface area contributed by atoms with E-state index in [1.54, 1.807) is 21.3 Å². The second kappa shape index (κ2) is 8.04. The standard InChI is InChI=1S/C23H29N3O3S/c1-18(2)12-14-26-23(20-10-6-7-11-21(20)30(26,28)29)13-15-25(17-23)22(27)24-16-19-8-4-3-5-9-19/h3-11,18H,12-17H2,1-2H3,(H,24,27)/t23-/m1/s1. The first-order valence-corrected chi connectivity index (χ1v) is 12.0. The van der Waals surface area contributed by atoms with E-state index in [2.05, 4.69) is 19.2 Å². The minimum Gasteiger partial charge on any atom is -0.334 e. The molecule has 1 spiro atoms. The Morgan fingerprint density at radius 1 is 1.10 bits per heavy atom. The van der Waals surface area contributed by atoms with E-state index in [1.807, 2.05) is 42.5 Å². The summed E-state index contributed by atoms with van der Waals surface area (Å²) in [5.74, 6) is 0.396. The molecule has 1 fully saturated rings. The van der Waals surface area contributed by atoms with Crippen molar-refractivity contribution in [1.29, 1.82) is 0 Å². The lowest BCUT2D eigenvalue weighted by molar-refractivity contribution is 0.177. The minimum atomic E-state index is -3.56. The predicted octanol–water partition coefficient (Wildman–Crippen LogP) is 3.55. The van der Waals surface area contributed by atoms with E-state index < -0.39 is 15.6 Å². The van der Waals surface area contributed by atoms with Crippen LogP contribution in [-0.4, -0.2) is 43.3 Å². The monoisotopic (exact) mass is 427 g/mol. The van der Waals surface area contributed by atoms with Crippen molar-refractivity contribution in [3.63, 3.8) is 0 Å². The first-order chi connectivity index (χ1) is 14.3. The zero-order valence-electron chi connectivity index (χ0n) is 17.5. The predicted molar refractivity (Wildman–Crippen MR) is 116 cm³/mol. The topological polar surface area (TPSA) is 69.7 Å². The lowest BCUT2D eigenvalue weighted by Crippen LogP contribution is -2.48. The Balaban J connectivity index is 1.57. The van der Waals surface area contributed by atoms with Gasteiger partial charge in [0.2, 0.25) is 10.0 Å². The third-order valence-electron chi connectivity index (χ3n) is 6.16. The van der Waals surface area contributed by atoms with Crippen LogP contribution in [-0.2, 0) is 22.1 Å². The van der Waals surface area contributed by atoms with Gasteiger partial charge in [-0.15, -0.1) is 0 Å². The Morgan fingerprint density at radius 2 is 1.80 bits per heavy atom. The molecule has 7 heteroatoms. The molecule has 160 valence electrons. The van der Waals surface area contributed by atoms with Crippen LogP contribution >= 0.6 is 0 Å². The average molecular weight is 428 g/mol. The summed E-state index contributed by atoms with van der Waals surface area (Å²) in [7, 11) is -3.56. The first kappa shape index (κ1) is 20.9. The number of urea groups is 1. The van der Waals surface area contributed by atoms with Crippen molar-refractivity contribution < 1.29 is 13.2 Å². The van der Waals surface area contributed by atoms with Gasteiger partial charge in [0.05, 0.1) is 10.4 Å². The van der Waals surface area contributed by atoms with Crippen molar-refractivity contribution in [1.82, 2.24) is 14.5 Å². The highest BCUT2D eigenvalue weighted by Crippen LogP contribution is 2.49. The van der Waals surface area contributed by atoms with Crippen LogP contribution in [0.15, 0.2) is 59.5 Å². The number of amides is 2. The lowest BCUT2D eigenvalue weighted by Gasteiger charge is -2.34. The van der Waals surface area contributed by atoms with Gasteiger partial charge in [0.25, 0.3) is 0 Å². The summed E-state index contributed by atoms with van der Waals surface area (Å²) in [5, 5.41) is 2.98. The molecule has 2 aromatic rings. The number of carbonyl (C=O) groups excluding carboxylic acids is 1. The van der Waals surface area contributed by atoms with E-state index in [0.29, 0.717) is 43.4 Å². The fourth-order valence-electron chi connectivity index (χ4n) is 4.54. The van der Waals surface area contributed by atoms with Crippen LogP contribution in [0.25, 0.3) is 0 Å². The molecule has 2 aliphatic heterocycles. The molecular weight excluding hydrogens is 398 g/mol. The van der Waals surface area contributed by atoms with Crippen molar-refractivity contribution in [2.24, 2.45) is 5.92 Å². The van der Waals surface area contributed by atoms with Gasteiger partial charge in [0.1, 0.15) is 0 Å². The van der Waals surface area contributed by atoms with Gasteiger partial charge in [-0.25, -0.2) is 13.2 Å². The number of nitrogens with one attached hydrogen (secondary N) is 1. The van der Waals surface area contributed by atoms with Crippen LogP contribution in [0, 0.1) is 5.92 Å². The van der Waals surface area contributed by atoms with Gasteiger partial charge in [-0.2, -0.15) is 4.31 Å². The number of carbonyl (C=O) groups is 1. The highest BCUT2D eigenvalue weighted by molar-refractivity contribution is 7.89. The summed E-state index contributed by atoms with van der Waals surface area (Å²) in [6.45, 7) is 6.02. The van der Waals surface area contributed by atoms with Crippen LogP contribution in [0.3, 0.4) is 0 Å². The molecule has 2 aromatic carbocycles. The van der Waals surface area contributed by atoms with Crippen molar-refractivity contribution in [3.8, 4) is 0 Å². The number of nitrogens with zero attached hydrogens (tertiary/aromatic N) is 2. The zero-order valence-corrected chi connectivity index (χ0v) is 18.4. The fraction of sp³-hybridized carbons (Fsp3) is 0.435. The lowest BCUT2D eigenvalue weighted by atomic mass is 9.88. The molecule has 1 atom stereocenters. The van der Waals surface area contributed by atoms with Gasteiger partial charge in [-0.3, -0.25) is 0 Å². The molecule has 0 unspecified atom stereocenters. The Labute approximate surface area is 178 Å². The maximum Gasteiger partial charge on any atom is 0.317 e. The van der Waals surface area contributed by atoms with Gasteiger partial charge in [0.15, 0.2) is 0 Å². The minimum absolute atomic E-state index is 0.152. The third kappa shape index (κ3) is 3.61. The number of hydrogen-bond donors (Lipinski definition) is 1. The van der Waals surface area contributed by atoms with Gasteiger partial charge in [-0.1, -0.05) is 62.4 Å². The van der Waals surface area contributed by atoms with Crippen molar-refractivity contribution in [3.05, 3.63) is 65.7 Å². The molecule has 1 N–H and O–H groups in total. The maximum atomic E-state index is 13.4. The highest BCUT2D eigenvalue weighted by atomic mass is 32.2. The maximum absolute atomic E-state index is 13.4. The van der Waals surface area contributed by atoms with Crippen LogP contribution in [0.2, 0.25) is 0 Å². The molecule has 0 radical (unpaired) electrons. The van der Waals surface area contributed by atoms with Gasteiger partial charge >= 0.3 is 6.03 Å². The van der Waals surface area contributed by atoms with E-state index in [9.17, 15) is 13.2 Å². The van der Waals surface area contributed by atoms with Crippen molar-refractivity contribution >= 4 is 16.1 Å². The molecule has 2 aliphatic rings. The summed E-state index contributed by atoms with van der Waals surface area (Å²) in [6, 6.07) is 16.9. The Morgan fingerprint density at radius 3 is 2.53 bits per heavy atom. The number of sulfonamides is 1. The van der Waals surface area contributed by atoms with E-state index in [4.69, 9.17) is 0 Å². The molecule has 2 heterocycles. The number of benzene rings is 2. The molecule has 4 rings (SSSR count). The second-order valence-electron chi connectivity index (χ2n) is 8.60. The van der Waals surface area contributed by atoms with Crippen LogP contribution < -0.4 is 5.32 Å². The molecule has 30 heavy (non-hydrogen) atoms. The zero-order chi connectivity index (χ0) is 21.4. The Bertz CT molecular complexity index is 1020. The molecule has 0 bridgehead atoms. The molecule has 0 saturated carbocycles. The molecule has 1 saturated heterocycles. The Kier molecular flexibility index (Phi) is 5.59. The number of hydrogen-bond acceptors (Lipinski definition) is 3. The summed E-state index contributed by atoms with van der Waals surface area (Å²) in [6.07, 6.45) is 1.40. The van der Waals surface area contributed by atoms with Crippen LogP contribution in [0.1, 0.15) is 37.8 Å². The molecular formula is C23H29N3O3S. The van der Waals surface area contributed by atoms with Crippen LogP contribution in [0.4, 0.5) is 4.79 Å². The van der Waals surface area contributed by atoms with E-state index in [-0.39, 0.29) is 6.03 Å². The number of likely N-dealkylation sites (tertiary alicyclic amines) is 1. The number of rotatable bonds is 5. The normalized spacial score (nSPS) is 22.6. The van der Waals surface area contributed by atoms with E-state index in [0.717, 1.165) is 17.5 Å². The second-order valence-corrected chi connectivity index (χ2v) is 10.4. The Hall–Kier alpha value is -2.38.